The van der Waals surface area contributed by atoms with Gasteiger partial charge in [0.2, 0.25) is 29.5 Å². The fourth-order valence-electron chi connectivity index (χ4n) is 13.1. The van der Waals surface area contributed by atoms with Crippen LogP contribution >= 0.6 is 46.4 Å². The van der Waals surface area contributed by atoms with Crippen molar-refractivity contribution in [1.29, 1.82) is 0 Å². The number of piperidine rings is 2. The molecule has 0 unspecified atom stereocenters. The number of carboxylic acids is 2. The van der Waals surface area contributed by atoms with Gasteiger partial charge < -0.3 is 66.1 Å². The second-order valence-corrected chi connectivity index (χ2v) is 29.4. The van der Waals surface area contributed by atoms with Gasteiger partial charge in [-0.3, -0.25) is 24.0 Å². The van der Waals surface area contributed by atoms with Crippen LogP contribution in [0.15, 0.2) is 121 Å². The largest absolute Gasteiger partial charge is 0.508 e. The van der Waals surface area contributed by atoms with Crippen LogP contribution in [0.4, 0.5) is 35.9 Å². The predicted octanol–water partition coefficient (Wildman–Crippen LogP) is 17.2. The molecule has 27 heteroatoms. The van der Waals surface area contributed by atoms with Crippen LogP contribution in [0, 0.1) is 23.7 Å². The van der Waals surface area contributed by atoms with Crippen LogP contribution in [0.2, 0.25) is 20.1 Å². The number of carbonyl (C=O) groups excluding carboxylic acids is 5. The number of phenolic OH excluding ortho intramolecular Hbond substituents is 1. The van der Waals surface area contributed by atoms with E-state index in [1.165, 1.54) is 94.3 Å². The van der Waals surface area contributed by atoms with E-state index in [1.54, 1.807) is 60.7 Å². The number of hydrogen-bond donors (Lipinski definition) is 9. The lowest BCUT2D eigenvalue weighted by Gasteiger charge is -2.31. The standard InChI is InChI=1S/C24H24Cl2N2O3.C16H21NO2.C15H20N2O2.C9H6Cl2O2.C9H9NO2.C7H14O.C2HF3O2/c25-20-5-1-16(13-21(20)26)2-8-24(30)28-11-9-17(10-12-28)15-31-19-4-6-22-18(14-19)3-7-23(29)27-22;18-16-9-6-13-10-14(7-8-15(13)17-16)19-11-12-4-2-1-3-5-12;18-15-4-1-12-9-13(2-3-14(12)17-15)19-10-11-5-7-16-8-6-11;10-7-3-1-6(5-8(7)11)2-4-9(12)13;11-7-2-3-8-6(5-7)1-4-9(12)10-8;8-6-7-4-2-1-3-5-7;3-2(4,5)1(6)7/h1-2,4-6,8,13-14,17H,3,7,9-12,15H2,(H,27,29);7-8,10,12H,1-6,9,11H2,(H,17,18);2-3,9,11,16H,1,4-8,10H2,(H,17,18);1-5H,(H,12,13);2-3,5,11H,1,4H2,(H,10,12);7-8H,1-6H2;(H,6,7)/b8-2+;;;4-2+;;;. The fraction of sp³-hybridized carbons (Fsp3) is 0.427. The average Bonchev–Trinajstić information content (AvgIpc) is 0.841. The molecule has 0 aromatic heterocycles. The maximum Gasteiger partial charge on any atom is 0.490 e. The first kappa shape index (κ1) is 85.8. The first-order valence-corrected chi connectivity index (χ1v) is 38.5. The smallest absolute Gasteiger partial charge is 0.490 e. The van der Waals surface area contributed by atoms with E-state index in [9.17, 15) is 41.9 Å². The van der Waals surface area contributed by atoms with E-state index < -0.39 is 18.1 Å². The molecule has 2 saturated heterocycles. The van der Waals surface area contributed by atoms with Gasteiger partial charge in [-0.15, -0.1) is 0 Å². The summed E-state index contributed by atoms with van der Waals surface area (Å²) in [6.45, 7) is 6.32. The van der Waals surface area contributed by atoms with Crippen molar-refractivity contribution >= 4 is 123 Å². The number of carboxylic acid groups (broad SMARTS) is 2. The van der Waals surface area contributed by atoms with E-state index in [2.05, 4.69) is 38.7 Å². The molecule has 0 atom stereocenters. The van der Waals surface area contributed by atoms with Crippen LogP contribution in [0.1, 0.15) is 149 Å². The number of fused-ring (bicyclic) bond motifs is 4. The first-order valence-electron chi connectivity index (χ1n) is 37.0. The summed E-state index contributed by atoms with van der Waals surface area (Å²) < 4.78 is 49.6. The zero-order valence-electron chi connectivity index (χ0n) is 60.7. The fourth-order valence-corrected chi connectivity index (χ4v) is 13.7. The Hall–Kier alpha value is -8.84. The second-order valence-electron chi connectivity index (χ2n) is 27.7. The van der Waals surface area contributed by atoms with Crippen LogP contribution in [0.3, 0.4) is 0 Å². The van der Waals surface area contributed by atoms with Gasteiger partial charge >= 0.3 is 18.1 Å². The summed E-state index contributed by atoms with van der Waals surface area (Å²) in [5, 5.41) is 49.9. The Morgan fingerprint density at radius 2 is 0.807 bits per heavy atom. The summed E-state index contributed by atoms with van der Waals surface area (Å²) in [6, 6.07) is 33.0. The first-order chi connectivity index (χ1) is 52.3. The normalized spacial score (nSPS) is 17.0. The minimum Gasteiger partial charge on any atom is -0.508 e. The number of aliphatic hydroxyl groups excluding tert-OH is 1. The molecule has 8 aliphatic rings. The number of anilines is 4. The maximum atomic E-state index is 12.5. The summed E-state index contributed by atoms with van der Waals surface area (Å²) in [4.78, 5) is 78.4. The molecule has 6 heterocycles. The molecule has 0 bridgehead atoms. The quantitative estimate of drug-likeness (QED) is 0.0362. The molecule has 20 nitrogen and oxygen atoms in total. The molecule has 6 aromatic rings. The lowest BCUT2D eigenvalue weighted by molar-refractivity contribution is -0.192. The Kier molecular flexibility index (Phi) is 34.7. The summed E-state index contributed by atoms with van der Waals surface area (Å²) in [5.74, 6) is 1.99. The molecule has 9 N–H and O–H groups in total. The predicted molar refractivity (Wildman–Crippen MR) is 419 cm³/mol. The number of aryl methyl sites for hydroxylation is 4. The number of aliphatic hydroxyl groups is 1. The third-order valence-electron chi connectivity index (χ3n) is 19.4. The van der Waals surface area contributed by atoms with Gasteiger partial charge in [-0.1, -0.05) is 97.1 Å². The molecule has 14 rings (SSSR count). The zero-order valence-corrected chi connectivity index (χ0v) is 63.7. The second kappa shape index (κ2) is 44.1. The Bertz CT molecular complexity index is 4030. The number of halogens is 7. The minimum atomic E-state index is -5.08. The molecular weight excluding hydrogens is 1490 g/mol. The topological polar surface area (TPSA) is 291 Å². The van der Waals surface area contributed by atoms with Crippen LogP contribution in [0.5, 0.6) is 23.0 Å². The van der Waals surface area contributed by atoms with Crippen molar-refractivity contribution in [3.05, 3.63) is 175 Å². The molecule has 2 aliphatic carbocycles. The number of nitrogens with one attached hydrogen (secondary N) is 5. The summed E-state index contributed by atoms with van der Waals surface area (Å²) in [6.07, 6.45) is 23.5. The molecule has 5 amide bonds. The van der Waals surface area contributed by atoms with Crippen molar-refractivity contribution in [2.24, 2.45) is 23.7 Å². The van der Waals surface area contributed by atoms with E-state index in [4.69, 9.17) is 85.8 Å². The highest BCUT2D eigenvalue weighted by Gasteiger charge is 2.38. The monoisotopic (exact) mass is 1580 g/mol. The van der Waals surface area contributed by atoms with Gasteiger partial charge in [-0.2, -0.15) is 13.2 Å². The number of alkyl halides is 3. The number of phenols is 1. The van der Waals surface area contributed by atoms with Gasteiger partial charge in [0.05, 0.1) is 39.9 Å². The molecule has 0 radical (unpaired) electrons. The van der Waals surface area contributed by atoms with Gasteiger partial charge in [0, 0.05) is 80.3 Å². The SMILES string of the molecule is O=C(O)/C=C/c1ccc(Cl)c(Cl)c1.O=C(O)C(F)(F)F.O=C1CCc2cc(O)ccc2N1.O=C1CCc2cc(OCC3CCCCC3)ccc2N1.O=C1CCc2cc(OCC3CCN(C(=O)/C=C/c4ccc(Cl)c(Cl)c4)CC3)ccc2N1.O=C1CCc2cc(OCC3CCNCC3)ccc2N1.OCC1CCCCC1. The van der Waals surface area contributed by atoms with E-state index in [1.807, 2.05) is 53.4 Å². The Labute approximate surface area is 653 Å². The van der Waals surface area contributed by atoms with Crippen molar-refractivity contribution in [3.8, 4) is 23.0 Å². The van der Waals surface area contributed by atoms with Gasteiger partial charge in [0.1, 0.15) is 23.0 Å². The van der Waals surface area contributed by atoms with Crippen LogP contribution < -0.4 is 40.8 Å². The molecular formula is C82H95Cl4F3N6O14. The number of carbonyl (C=O) groups is 7. The minimum absolute atomic E-state index is 0.00201. The lowest BCUT2D eigenvalue weighted by atomic mass is 9.90. The van der Waals surface area contributed by atoms with Crippen molar-refractivity contribution < 1.29 is 81.4 Å². The zero-order chi connectivity index (χ0) is 78.2. The highest BCUT2D eigenvalue weighted by Crippen LogP contribution is 2.34. The third-order valence-corrected chi connectivity index (χ3v) is 20.9. The Morgan fingerprint density at radius 1 is 0.450 bits per heavy atom. The van der Waals surface area contributed by atoms with E-state index in [0.717, 1.165) is 147 Å². The molecule has 109 heavy (non-hydrogen) atoms. The van der Waals surface area contributed by atoms with E-state index in [0.29, 0.717) is 82.3 Å². The number of rotatable bonds is 14. The summed E-state index contributed by atoms with van der Waals surface area (Å²) >= 11 is 23.3. The lowest BCUT2D eigenvalue weighted by Crippen LogP contribution is -2.38. The van der Waals surface area contributed by atoms with Crippen molar-refractivity contribution in [2.45, 2.75) is 147 Å². The number of ether oxygens (including phenoxy) is 3. The van der Waals surface area contributed by atoms with E-state index >= 15 is 0 Å². The highest BCUT2D eigenvalue weighted by molar-refractivity contribution is 6.42. The Balaban J connectivity index is 0.000000169. The maximum absolute atomic E-state index is 12.5. The molecule has 0 spiro atoms. The van der Waals surface area contributed by atoms with Crippen molar-refractivity contribution in [3.63, 3.8) is 0 Å². The number of aromatic hydroxyl groups is 1. The van der Waals surface area contributed by atoms with Crippen molar-refractivity contribution in [2.75, 3.05) is 73.9 Å². The number of amides is 5. The Morgan fingerprint density at radius 3 is 1.17 bits per heavy atom. The number of likely N-dealkylation sites (tertiary alicyclic amines) is 1. The van der Waals surface area contributed by atoms with Crippen molar-refractivity contribution in [1.82, 2.24) is 10.2 Å². The number of aliphatic carboxylic acids is 2. The number of nitrogens with zero attached hydrogens (tertiary/aromatic N) is 1. The molecule has 4 fully saturated rings. The van der Waals surface area contributed by atoms with Crippen LogP contribution in [-0.4, -0.2) is 126 Å². The molecule has 6 aliphatic heterocycles. The van der Waals surface area contributed by atoms with Crippen LogP contribution in [0.25, 0.3) is 12.2 Å². The van der Waals surface area contributed by atoms with E-state index in [-0.39, 0.29) is 35.3 Å². The third kappa shape index (κ3) is 30.2. The molecule has 6 aromatic carbocycles. The summed E-state index contributed by atoms with van der Waals surface area (Å²) in [5.41, 5.74) is 9.64. The van der Waals surface area contributed by atoms with Gasteiger partial charge in [0.15, 0.2) is 0 Å². The van der Waals surface area contributed by atoms with Crippen LogP contribution in [-0.2, 0) is 59.2 Å². The number of benzene rings is 6. The van der Waals surface area contributed by atoms with Gasteiger partial charge in [0.25, 0.3) is 0 Å². The highest BCUT2D eigenvalue weighted by atomic mass is 35.5. The summed E-state index contributed by atoms with van der Waals surface area (Å²) in [7, 11) is 0. The average molecular weight is 1590 g/mol. The molecule has 2 saturated carbocycles. The number of hydrogen-bond acceptors (Lipinski definition) is 13. The van der Waals surface area contributed by atoms with Gasteiger partial charge in [-0.05, 0) is 256 Å². The van der Waals surface area contributed by atoms with Gasteiger partial charge in [-0.25, -0.2) is 9.59 Å². The molecule has 586 valence electrons.